The van der Waals surface area contributed by atoms with Crippen molar-refractivity contribution < 1.29 is 13.5 Å². The molecule has 0 aromatic carbocycles. The molecule has 2 atom stereocenters. The van der Waals surface area contributed by atoms with Crippen molar-refractivity contribution in [1.29, 1.82) is 0 Å². The number of alkyl halides is 1. The van der Waals surface area contributed by atoms with Gasteiger partial charge in [0.1, 0.15) is 30.5 Å². The van der Waals surface area contributed by atoms with Gasteiger partial charge in [-0.25, -0.2) is 13.8 Å². The maximum atomic E-state index is 14.2. The van der Waals surface area contributed by atoms with E-state index >= 15 is 0 Å². The molecule has 0 aliphatic carbocycles. The molecule has 8 heteroatoms. The van der Waals surface area contributed by atoms with Gasteiger partial charge in [0.25, 0.3) is 0 Å². The Morgan fingerprint density at radius 1 is 1.20 bits per heavy atom. The predicted octanol–water partition coefficient (Wildman–Crippen LogP) is 2.23. The number of likely N-dealkylation sites (tertiary alicyclic amines) is 1. The number of aromatic amines is 1. The van der Waals surface area contributed by atoms with E-state index in [-0.39, 0.29) is 19.0 Å². The van der Waals surface area contributed by atoms with Crippen LogP contribution in [0, 0.1) is 5.82 Å². The fourth-order valence-corrected chi connectivity index (χ4v) is 3.03. The van der Waals surface area contributed by atoms with Gasteiger partial charge >= 0.3 is 0 Å². The van der Waals surface area contributed by atoms with E-state index in [0.717, 1.165) is 11.0 Å². The SMILES string of the molecule is Fc1cnccc1CN1CC(F)C(OCc2nc3ccncc3[nH]2)C1. The van der Waals surface area contributed by atoms with Gasteiger partial charge in [-0.2, -0.15) is 0 Å². The van der Waals surface area contributed by atoms with E-state index in [1.165, 1.54) is 12.4 Å². The van der Waals surface area contributed by atoms with Crippen LogP contribution >= 0.6 is 0 Å². The van der Waals surface area contributed by atoms with Crippen LogP contribution in [0.2, 0.25) is 0 Å². The maximum Gasteiger partial charge on any atom is 0.145 e. The second-order valence-corrected chi connectivity index (χ2v) is 6.10. The molecule has 130 valence electrons. The van der Waals surface area contributed by atoms with Crippen molar-refractivity contribution in [3.8, 4) is 0 Å². The first-order valence-corrected chi connectivity index (χ1v) is 8.04. The van der Waals surface area contributed by atoms with Gasteiger partial charge in [-0.1, -0.05) is 0 Å². The van der Waals surface area contributed by atoms with Crippen molar-refractivity contribution in [2.75, 3.05) is 13.1 Å². The summed E-state index contributed by atoms with van der Waals surface area (Å²) in [5, 5.41) is 0. The monoisotopic (exact) mass is 345 g/mol. The molecule has 1 N–H and O–H groups in total. The van der Waals surface area contributed by atoms with E-state index in [1.807, 2.05) is 4.90 Å². The van der Waals surface area contributed by atoms with Gasteiger partial charge in [-0.05, 0) is 12.1 Å². The van der Waals surface area contributed by atoms with Gasteiger partial charge in [0.2, 0.25) is 0 Å². The zero-order valence-corrected chi connectivity index (χ0v) is 13.4. The van der Waals surface area contributed by atoms with E-state index in [4.69, 9.17) is 4.74 Å². The molecular weight excluding hydrogens is 328 g/mol. The number of pyridine rings is 2. The summed E-state index contributed by atoms with van der Waals surface area (Å²) in [5.74, 6) is 0.256. The van der Waals surface area contributed by atoms with Crippen molar-refractivity contribution in [3.05, 3.63) is 54.1 Å². The van der Waals surface area contributed by atoms with Crippen LogP contribution in [0.5, 0.6) is 0 Å². The van der Waals surface area contributed by atoms with Crippen molar-refractivity contribution in [2.24, 2.45) is 0 Å². The van der Waals surface area contributed by atoms with E-state index in [9.17, 15) is 8.78 Å². The molecule has 0 radical (unpaired) electrons. The number of H-pyrrole nitrogens is 1. The number of rotatable bonds is 5. The lowest BCUT2D eigenvalue weighted by atomic mass is 10.2. The highest BCUT2D eigenvalue weighted by Gasteiger charge is 2.34. The number of ether oxygens (including phenoxy) is 1. The largest absolute Gasteiger partial charge is 0.366 e. The molecule has 25 heavy (non-hydrogen) atoms. The summed E-state index contributed by atoms with van der Waals surface area (Å²) in [7, 11) is 0. The fraction of sp³-hybridized carbons (Fsp3) is 0.353. The Morgan fingerprint density at radius 3 is 2.88 bits per heavy atom. The third-order valence-electron chi connectivity index (χ3n) is 4.29. The quantitative estimate of drug-likeness (QED) is 0.768. The van der Waals surface area contributed by atoms with Crippen molar-refractivity contribution in [3.63, 3.8) is 0 Å². The molecule has 1 fully saturated rings. The second kappa shape index (κ2) is 6.81. The molecule has 6 nitrogen and oxygen atoms in total. The van der Waals surface area contributed by atoms with Crippen LogP contribution in [-0.4, -0.2) is 50.2 Å². The number of hydrogen-bond acceptors (Lipinski definition) is 5. The summed E-state index contributed by atoms with van der Waals surface area (Å²) in [6, 6.07) is 3.41. The lowest BCUT2D eigenvalue weighted by Crippen LogP contribution is -2.24. The Balaban J connectivity index is 1.36. The number of nitrogens with one attached hydrogen (secondary N) is 1. The van der Waals surface area contributed by atoms with Gasteiger partial charge in [-0.15, -0.1) is 0 Å². The standard InChI is InChI=1S/C17H17F2N5O/c18-12-5-20-3-1-11(12)7-24-8-13(19)16(9-24)25-10-17-22-14-2-4-21-6-15(14)23-17/h1-6,13,16H,7-10H2,(H,22,23). The molecule has 4 rings (SSSR count). The van der Waals surface area contributed by atoms with Gasteiger partial charge in [0.05, 0.1) is 23.4 Å². The maximum absolute atomic E-state index is 14.2. The molecule has 0 spiro atoms. The average molecular weight is 345 g/mol. The Bertz CT molecular complexity index is 838. The van der Waals surface area contributed by atoms with Gasteiger partial charge in [0.15, 0.2) is 0 Å². The first kappa shape index (κ1) is 16.0. The van der Waals surface area contributed by atoms with Crippen LogP contribution in [0.3, 0.4) is 0 Å². The summed E-state index contributed by atoms with van der Waals surface area (Å²) < 4.78 is 33.6. The molecule has 3 aromatic heterocycles. The zero-order chi connectivity index (χ0) is 17.2. The van der Waals surface area contributed by atoms with Crippen LogP contribution < -0.4 is 0 Å². The van der Waals surface area contributed by atoms with Crippen LogP contribution in [0.1, 0.15) is 11.4 Å². The first-order chi connectivity index (χ1) is 12.2. The van der Waals surface area contributed by atoms with Crippen LogP contribution in [0.15, 0.2) is 36.9 Å². The fourth-order valence-electron chi connectivity index (χ4n) is 3.03. The van der Waals surface area contributed by atoms with Gasteiger partial charge < -0.3 is 9.72 Å². The molecule has 1 aliphatic rings. The third-order valence-corrected chi connectivity index (χ3v) is 4.29. The van der Waals surface area contributed by atoms with E-state index < -0.39 is 12.3 Å². The predicted molar refractivity (Wildman–Crippen MR) is 86.8 cm³/mol. The minimum Gasteiger partial charge on any atom is -0.366 e. The number of imidazole rings is 1. The van der Waals surface area contributed by atoms with E-state index in [2.05, 4.69) is 19.9 Å². The van der Waals surface area contributed by atoms with E-state index in [1.54, 1.807) is 24.5 Å². The minimum atomic E-state index is -1.11. The van der Waals surface area contributed by atoms with Gasteiger partial charge in [-0.3, -0.25) is 14.9 Å². The number of fused-ring (bicyclic) bond motifs is 1. The second-order valence-electron chi connectivity index (χ2n) is 6.10. The zero-order valence-electron chi connectivity index (χ0n) is 13.4. The highest BCUT2D eigenvalue weighted by atomic mass is 19.1. The lowest BCUT2D eigenvalue weighted by Gasteiger charge is -2.15. The Labute approximate surface area is 142 Å². The number of hydrogen-bond donors (Lipinski definition) is 1. The summed E-state index contributed by atoms with van der Waals surface area (Å²) in [6.07, 6.45) is 4.38. The van der Waals surface area contributed by atoms with Gasteiger partial charge in [0, 0.05) is 37.6 Å². The highest BCUT2D eigenvalue weighted by Crippen LogP contribution is 2.21. The summed E-state index contributed by atoms with van der Waals surface area (Å²) in [5.41, 5.74) is 2.12. The summed E-state index contributed by atoms with van der Waals surface area (Å²) >= 11 is 0. The normalized spacial score (nSPS) is 21.2. The number of aromatic nitrogens is 4. The third kappa shape index (κ3) is 3.49. The topological polar surface area (TPSA) is 66.9 Å². The molecule has 0 amide bonds. The Hall–Kier alpha value is -2.45. The number of halogens is 2. The summed E-state index contributed by atoms with van der Waals surface area (Å²) in [6.45, 7) is 1.16. The van der Waals surface area contributed by atoms with Crippen LogP contribution in [-0.2, 0) is 17.9 Å². The molecule has 1 saturated heterocycles. The smallest absolute Gasteiger partial charge is 0.145 e. The summed E-state index contributed by atoms with van der Waals surface area (Å²) in [4.78, 5) is 17.1. The Kier molecular flexibility index (Phi) is 4.37. The average Bonchev–Trinajstić information content (AvgIpc) is 3.18. The lowest BCUT2D eigenvalue weighted by molar-refractivity contribution is 0.00862. The van der Waals surface area contributed by atoms with Crippen LogP contribution in [0.4, 0.5) is 8.78 Å². The molecule has 3 aromatic rings. The molecule has 1 aliphatic heterocycles. The van der Waals surface area contributed by atoms with Crippen molar-refractivity contribution in [2.45, 2.75) is 25.4 Å². The highest BCUT2D eigenvalue weighted by molar-refractivity contribution is 5.73. The van der Waals surface area contributed by atoms with Crippen LogP contribution in [0.25, 0.3) is 11.0 Å². The Morgan fingerprint density at radius 2 is 2.04 bits per heavy atom. The molecule has 4 heterocycles. The molecule has 0 saturated carbocycles. The molecule has 2 unspecified atom stereocenters. The van der Waals surface area contributed by atoms with Crippen molar-refractivity contribution in [1.82, 2.24) is 24.8 Å². The minimum absolute atomic E-state index is 0.192. The van der Waals surface area contributed by atoms with Crippen molar-refractivity contribution >= 4 is 11.0 Å². The number of nitrogens with zero attached hydrogens (tertiary/aromatic N) is 4. The molecular formula is C17H17F2N5O. The van der Waals surface area contributed by atoms with E-state index in [0.29, 0.717) is 24.5 Å². The molecule has 0 bridgehead atoms. The first-order valence-electron chi connectivity index (χ1n) is 8.04.